The van der Waals surface area contributed by atoms with Gasteiger partial charge in [0.15, 0.2) is 0 Å². The summed E-state index contributed by atoms with van der Waals surface area (Å²) in [6, 6.07) is 0. The molecule has 46 valence electrons. The van der Waals surface area contributed by atoms with Crippen molar-refractivity contribution in [3.05, 3.63) is 11.1 Å². The van der Waals surface area contributed by atoms with Crippen molar-refractivity contribution in [2.45, 2.75) is 6.92 Å². The minimum atomic E-state index is -0.389. The highest BCUT2D eigenvalue weighted by molar-refractivity contribution is 6.27. The van der Waals surface area contributed by atoms with E-state index in [1.54, 1.807) is 6.92 Å². The van der Waals surface area contributed by atoms with Crippen LogP contribution in [0.2, 0.25) is 0 Å². The van der Waals surface area contributed by atoms with E-state index in [1.807, 2.05) is 0 Å². The summed E-state index contributed by atoms with van der Waals surface area (Å²) >= 11 is 5.16. The summed E-state index contributed by atoms with van der Waals surface area (Å²) in [7, 11) is 1.31. The second kappa shape index (κ2) is 3.50. The number of halogens is 1. The highest BCUT2D eigenvalue weighted by Crippen LogP contribution is 1.95. The molecule has 0 rings (SSSR count). The van der Waals surface area contributed by atoms with Gasteiger partial charge < -0.3 is 4.74 Å². The second-order valence-corrected chi connectivity index (χ2v) is 1.50. The lowest BCUT2D eigenvalue weighted by molar-refractivity contribution is -0.136. The van der Waals surface area contributed by atoms with E-state index in [4.69, 9.17) is 11.6 Å². The average Bonchev–Trinajstić information content (AvgIpc) is 1.84. The number of hydrogen-bond donors (Lipinski definition) is 0. The molecule has 0 aromatic rings. The number of carbonyl (C=O) groups is 1. The van der Waals surface area contributed by atoms with Gasteiger partial charge in [-0.1, -0.05) is 11.6 Å². The highest BCUT2D eigenvalue weighted by atomic mass is 35.5. The lowest BCUT2D eigenvalue weighted by Crippen LogP contribution is -1.99. The molecule has 3 heteroatoms. The zero-order valence-electron chi connectivity index (χ0n) is 4.77. The molecular weight excluding hydrogens is 128 g/mol. The van der Waals surface area contributed by atoms with Crippen molar-refractivity contribution in [1.82, 2.24) is 0 Å². The first-order valence-electron chi connectivity index (χ1n) is 2.07. The third-order valence-electron chi connectivity index (χ3n) is 0.671. The van der Waals surface area contributed by atoms with Gasteiger partial charge in [0.05, 0.1) is 7.11 Å². The molecule has 2 nitrogen and oxygen atoms in total. The first-order valence-corrected chi connectivity index (χ1v) is 2.51. The van der Waals surface area contributed by atoms with Gasteiger partial charge in [0, 0.05) is 11.1 Å². The van der Waals surface area contributed by atoms with Gasteiger partial charge in [-0.3, -0.25) is 0 Å². The minimum Gasteiger partial charge on any atom is -0.466 e. The molecule has 0 atom stereocenters. The Morgan fingerprint density at radius 2 is 2.25 bits per heavy atom. The van der Waals surface area contributed by atoms with Crippen LogP contribution in [-0.4, -0.2) is 13.1 Å². The van der Waals surface area contributed by atoms with E-state index in [1.165, 1.54) is 12.6 Å². The molecule has 0 saturated heterocycles. The summed E-state index contributed by atoms with van der Waals surface area (Å²) in [4.78, 5) is 10.4. The van der Waals surface area contributed by atoms with Crippen LogP contribution in [0.4, 0.5) is 0 Å². The fourth-order valence-corrected chi connectivity index (χ4v) is 0.295. The largest absolute Gasteiger partial charge is 0.466 e. The predicted molar refractivity (Wildman–Crippen MR) is 31.6 cm³/mol. The Morgan fingerprint density at radius 1 is 1.75 bits per heavy atom. The van der Waals surface area contributed by atoms with E-state index in [-0.39, 0.29) is 5.97 Å². The second-order valence-electron chi connectivity index (χ2n) is 1.28. The van der Waals surface area contributed by atoms with Gasteiger partial charge in [0.1, 0.15) is 0 Å². The number of hydrogen-bond acceptors (Lipinski definition) is 2. The predicted octanol–water partition coefficient (Wildman–Crippen LogP) is 1.30. The Balaban J connectivity index is 3.83. The zero-order valence-corrected chi connectivity index (χ0v) is 5.53. The van der Waals surface area contributed by atoms with Crippen LogP contribution in [0.15, 0.2) is 11.1 Å². The van der Waals surface area contributed by atoms with E-state index in [0.29, 0.717) is 5.57 Å². The average molecular weight is 135 g/mol. The Morgan fingerprint density at radius 3 is 2.38 bits per heavy atom. The van der Waals surface area contributed by atoms with Gasteiger partial charge in [-0.15, -0.1) is 0 Å². The van der Waals surface area contributed by atoms with Crippen LogP contribution in [0.3, 0.4) is 0 Å². The molecule has 0 fully saturated rings. The molecule has 0 aromatic carbocycles. The first-order chi connectivity index (χ1) is 3.72. The Hall–Kier alpha value is -0.500. The lowest BCUT2D eigenvalue weighted by atomic mass is 10.4. The monoisotopic (exact) mass is 134 g/mol. The van der Waals surface area contributed by atoms with Crippen molar-refractivity contribution in [2.24, 2.45) is 0 Å². The number of methoxy groups -OCH3 is 1. The SMILES string of the molecule is COC(=O)C(C)=CCl. The lowest BCUT2D eigenvalue weighted by Gasteiger charge is -1.92. The molecular formula is C5H7ClO2. The van der Waals surface area contributed by atoms with E-state index in [0.717, 1.165) is 0 Å². The highest BCUT2D eigenvalue weighted by Gasteiger charge is 1.99. The smallest absolute Gasteiger partial charge is 0.334 e. The molecule has 0 amide bonds. The van der Waals surface area contributed by atoms with Gasteiger partial charge >= 0.3 is 5.97 Å². The van der Waals surface area contributed by atoms with Crippen LogP contribution < -0.4 is 0 Å². The maximum atomic E-state index is 10.4. The molecule has 0 aromatic heterocycles. The van der Waals surface area contributed by atoms with Crippen LogP contribution in [0, 0.1) is 0 Å². The van der Waals surface area contributed by atoms with Crippen LogP contribution in [-0.2, 0) is 9.53 Å². The summed E-state index contributed by atoms with van der Waals surface area (Å²) in [6.07, 6.45) is 0. The third-order valence-corrected chi connectivity index (χ3v) is 0.998. The molecule has 0 aliphatic rings. The standard InChI is InChI=1S/C5H7ClO2/c1-4(3-6)5(7)8-2/h3H,1-2H3. The molecule has 0 aliphatic carbocycles. The number of esters is 1. The molecule has 0 bridgehead atoms. The topological polar surface area (TPSA) is 26.3 Å². The molecule has 0 heterocycles. The molecule has 0 saturated carbocycles. The normalized spacial score (nSPS) is 11.1. The maximum absolute atomic E-state index is 10.4. The van der Waals surface area contributed by atoms with Crippen molar-refractivity contribution in [1.29, 1.82) is 0 Å². The van der Waals surface area contributed by atoms with Crippen molar-refractivity contribution in [2.75, 3.05) is 7.11 Å². The number of ether oxygens (including phenoxy) is 1. The summed E-state index contributed by atoms with van der Waals surface area (Å²) < 4.78 is 4.31. The Bertz CT molecular complexity index is 118. The fraction of sp³-hybridized carbons (Fsp3) is 0.400. The summed E-state index contributed by atoms with van der Waals surface area (Å²) in [5.74, 6) is -0.389. The molecule has 0 unspecified atom stereocenters. The number of carbonyl (C=O) groups excluding carboxylic acids is 1. The van der Waals surface area contributed by atoms with Crippen molar-refractivity contribution in [3.8, 4) is 0 Å². The number of rotatable bonds is 1. The van der Waals surface area contributed by atoms with Crippen LogP contribution in [0.25, 0.3) is 0 Å². The van der Waals surface area contributed by atoms with Crippen molar-refractivity contribution < 1.29 is 9.53 Å². The van der Waals surface area contributed by atoms with Gasteiger partial charge in [-0.25, -0.2) is 4.79 Å². The maximum Gasteiger partial charge on any atom is 0.334 e. The summed E-state index contributed by atoms with van der Waals surface area (Å²) in [6.45, 7) is 1.58. The Labute approximate surface area is 53.1 Å². The van der Waals surface area contributed by atoms with Crippen LogP contribution >= 0.6 is 11.6 Å². The van der Waals surface area contributed by atoms with E-state index >= 15 is 0 Å². The van der Waals surface area contributed by atoms with Crippen molar-refractivity contribution in [3.63, 3.8) is 0 Å². The third kappa shape index (κ3) is 1.98. The van der Waals surface area contributed by atoms with Gasteiger partial charge in [0.2, 0.25) is 0 Å². The van der Waals surface area contributed by atoms with E-state index in [2.05, 4.69) is 4.74 Å². The van der Waals surface area contributed by atoms with E-state index in [9.17, 15) is 4.79 Å². The van der Waals surface area contributed by atoms with Gasteiger partial charge in [-0.05, 0) is 6.92 Å². The van der Waals surface area contributed by atoms with Crippen LogP contribution in [0.5, 0.6) is 0 Å². The molecule has 0 spiro atoms. The molecule has 0 N–H and O–H groups in total. The molecule has 8 heavy (non-hydrogen) atoms. The van der Waals surface area contributed by atoms with Crippen LogP contribution in [0.1, 0.15) is 6.92 Å². The summed E-state index contributed by atoms with van der Waals surface area (Å²) in [5.41, 5.74) is 1.60. The van der Waals surface area contributed by atoms with Gasteiger partial charge in [0.25, 0.3) is 0 Å². The molecule has 0 aliphatic heterocycles. The minimum absolute atomic E-state index is 0.389. The zero-order chi connectivity index (χ0) is 6.57. The van der Waals surface area contributed by atoms with Gasteiger partial charge in [-0.2, -0.15) is 0 Å². The quantitative estimate of drug-likeness (QED) is 0.399. The Kier molecular flexibility index (Phi) is 3.28. The summed E-state index contributed by atoms with van der Waals surface area (Å²) in [5, 5.41) is 0. The molecule has 0 radical (unpaired) electrons. The van der Waals surface area contributed by atoms with E-state index < -0.39 is 0 Å². The van der Waals surface area contributed by atoms with Crippen molar-refractivity contribution >= 4 is 17.6 Å². The fourth-order valence-electron chi connectivity index (χ4n) is 0.206. The first kappa shape index (κ1) is 7.50.